The second-order valence-corrected chi connectivity index (χ2v) is 13.2. The molecule has 1 aromatic heterocycles. The lowest BCUT2D eigenvalue weighted by atomic mass is 9.87. The van der Waals surface area contributed by atoms with Crippen LogP contribution in [0.2, 0.25) is 0 Å². The molecule has 1 heterocycles. The van der Waals surface area contributed by atoms with E-state index in [1.807, 2.05) is 36.4 Å². The van der Waals surface area contributed by atoms with Gasteiger partial charge in [-0.2, -0.15) is 0 Å². The molecule has 0 saturated carbocycles. The molecule has 0 N–H and O–H groups in total. The molecule has 3 nitrogen and oxygen atoms in total. The number of aromatic nitrogens is 3. The highest BCUT2D eigenvalue weighted by Gasteiger charge is 2.16. The summed E-state index contributed by atoms with van der Waals surface area (Å²) < 4.78 is 0. The number of hydrogen-bond donors (Lipinski definition) is 0. The zero-order chi connectivity index (χ0) is 36.1. The Kier molecular flexibility index (Phi) is 8.94. The third-order valence-electron chi connectivity index (χ3n) is 9.80. The fourth-order valence-electron chi connectivity index (χ4n) is 7.01. The van der Waals surface area contributed by atoms with Crippen molar-refractivity contribution in [3.05, 3.63) is 212 Å². The molecule has 254 valence electrons. The lowest BCUT2D eigenvalue weighted by Gasteiger charge is -2.17. The number of rotatable bonds is 8. The highest BCUT2D eigenvalue weighted by molar-refractivity contribution is 5.95. The van der Waals surface area contributed by atoms with E-state index in [1.165, 1.54) is 38.9 Å². The average molecular weight is 690 g/mol. The van der Waals surface area contributed by atoms with Crippen molar-refractivity contribution in [1.29, 1.82) is 0 Å². The Morgan fingerprint density at radius 3 is 0.852 bits per heavy atom. The van der Waals surface area contributed by atoms with Gasteiger partial charge >= 0.3 is 0 Å². The van der Waals surface area contributed by atoms with Crippen molar-refractivity contribution in [3.8, 4) is 89.8 Å². The second kappa shape index (κ2) is 14.8. The van der Waals surface area contributed by atoms with Crippen LogP contribution in [-0.4, -0.2) is 15.0 Å². The van der Waals surface area contributed by atoms with Crippen LogP contribution in [0.25, 0.3) is 89.8 Å². The van der Waals surface area contributed by atoms with Crippen LogP contribution in [0.1, 0.15) is 0 Å². The van der Waals surface area contributed by atoms with Crippen LogP contribution >= 0.6 is 0 Å². The average Bonchev–Trinajstić information content (AvgIpc) is 3.27. The van der Waals surface area contributed by atoms with E-state index in [0.717, 1.165) is 33.4 Å². The monoisotopic (exact) mass is 689 g/mol. The quantitative estimate of drug-likeness (QED) is 0.159. The van der Waals surface area contributed by atoms with E-state index in [-0.39, 0.29) is 0 Å². The summed E-state index contributed by atoms with van der Waals surface area (Å²) in [7, 11) is 0. The highest BCUT2D eigenvalue weighted by atomic mass is 15.0. The van der Waals surface area contributed by atoms with Crippen LogP contribution in [0.4, 0.5) is 0 Å². The summed E-state index contributed by atoms with van der Waals surface area (Å²) in [4.78, 5) is 15.0. The molecule has 9 rings (SSSR count). The Labute approximate surface area is 316 Å². The lowest BCUT2D eigenvalue weighted by molar-refractivity contribution is 1.07. The van der Waals surface area contributed by atoms with Crippen molar-refractivity contribution in [2.24, 2.45) is 0 Å². The summed E-state index contributed by atoms with van der Waals surface area (Å²) in [5, 5.41) is 0. The molecule has 0 bridgehead atoms. The van der Waals surface area contributed by atoms with Gasteiger partial charge in [-0.15, -0.1) is 0 Å². The summed E-state index contributed by atoms with van der Waals surface area (Å²) in [5.41, 5.74) is 14.6. The predicted octanol–water partition coefficient (Wildman–Crippen LogP) is 13.2. The molecule has 0 radical (unpaired) electrons. The number of benzene rings is 8. The van der Waals surface area contributed by atoms with Crippen LogP contribution in [0.15, 0.2) is 212 Å². The van der Waals surface area contributed by atoms with Crippen molar-refractivity contribution in [2.45, 2.75) is 0 Å². The van der Waals surface area contributed by atoms with Crippen LogP contribution < -0.4 is 0 Å². The van der Waals surface area contributed by atoms with Crippen molar-refractivity contribution in [1.82, 2.24) is 15.0 Å². The van der Waals surface area contributed by atoms with Gasteiger partial charge < -0.3 is 0 Å². The molecule has 0 saturated heterocycles. The van der Waals surface area contributed by atoms with Crippen LogP contribution in [0.3, 0.4) is 0 Å². The van der Waals surface area contributed by atoms with Gasteiger partial charge in [-0.05, 0) is 55.6 Å². The first-order valence-electron chi connectivity index (χ1n) is 18.2. The summed E-state index contributed by atoms with van der Waals surface area (Å²) in [6.07, 6.45) is 0. The van der Waals surface area contributed by atoms with E-state index in [0.29, 0.717) is 17.5 Å². The Bertz CT molecular complexity index is 2640. The summed E-state index contributed by atoms with van der Waals surface area (Å²) in [6.45, 7) is 0. The first-order chi connectivity index (χ1) is 26.8. The molecule has 0 unspecified atom stereocenters. The number of nitrogens with zero attached hydrogens (tertiary/aromatic N) is 3. The van der Waals surface area contributed by atoms with Crippen molar-refractivity contribution in [3.63, 3.8) is 0 Å². The smallest absolute Gasteiger partial charge is 0.164 e. The molecule has 3 heteroatoms. The summed E-state index contributed by atoms with van der Waals surface area (Å²) in [6, 6.07) is 74.2. The van der Waals surface area contributed by atoms with E-state index in [2.05, 4.69) is 176 Å². The maximum atomic E-state index is 5.03. The Balaban J connectivity index is 1.11. The third-order valence-corrected chi connectivity index (χ3v) is 9.80. The maximum absolute atomic E-state index is 5.03. The van der Waals surface area contributed by atoms with Crippen LogP contribution in [-0.2, 0) is 0 Å². The van der Waals surface area contributed by atoms with Crippen LogP contribution in [0.5, 0.6) is 0 Å². The molecule has 0 spiro atoms. The van der Waals surface area contributed by atoms with E-state index in [4.69, 9.17) is 15.0 Å². The molecule has 0 aliphatic heterocycles. The van der Waals surface area contributed by atoms with Gasteiger partial charge in [0.15, 0.2) is 17.5 Å². The molecule has 0 aliphatic rings. The minimum absolute atomic E-state index is 0.632. The van der Waals surface area contributed by atoms with E-state index in [1.54, 1.807) is 0 Å². The topological polar surface area (TPSA) is 38.7 Å². The standard InChI is InChI=1S/C51H35N3/c1-5-14-36(15-6-1)38-24-30-42(31-25-38)48-46(40-18-9-3-10-19-40)22-13-23-47(48)41-28-34-45(35-29-41)51-53-49(43-20-11-4-12-21-43)52-50(54-51)44-32-26-39(27-33-44)37-16-7-2-8-17-37/h1-35H. The van der Waals surface area contributed by atoms with Gasteiger partial charge in [0, 0.05) is 16.7 Å². The fourth-order valence-corrected chi connectivity index (χ4v) is 7.01. The maximum Gasteiger partial charge on any atom is 0.164 e. The molecular formula is C51H35N3. The first kappa shape index (κ1) is 32.7. The van der Waals surface area contributed by atoms with Gasteiger partial charge in [0.2, 0.25) is 0 Å². The second-order valence-electron chi connectivity index (χ2n) is 13.2. The number of hydrogen-bond acceptors (Lipinski definition) is 3. The minimum Gasteiger partial charge on any atom is -0.208 e. The zero-order valence-corrected chi connectivity index (χ0v) is 29.5. The van der Waals surface area contributed by atoms with Gasteiger partial charge in [-0.3, -0.25) is 0 Å². The van der Waals surface area contributed by atoms with Crippen LogP contribution in [0, 0.1) is 0 Å². The van der Waals surface area contributed by atoms with Crippen molar-refractivity contribution >= 4 is 0 Å². The molecule has 0 atom stereocenters. The summed E-state index contributed by atoms with van der Waals surface area (Å²) in [5.74, 6) is 1.91. The molecule has 0 fully saturated rings. The first-order valence-corrected chi connectivity index (χ1v) is 18.2. The molecule has 54 heavy (non-hydrogen) atoms. The highest BCUT2D eigenvalue weighted by Crippen LogP contribution is 2.41. The molecule has 9 aromatic rings. The van der Waals surface area contributed by atoms with E-state index >= 15 is 0 Å². The minimum atomic E-state index is 0.632. The molecular weight excluding hydrogens is 655 g/mol. The summed E-state index contributed by atoms with van der Waals surface area (Å²) >= 11 is 0. The Morgan fingerprint density at radius 1 is 0.185 bits per heavy atom. The SMILES string of the molecule is c1ccc(-c2ccc(-c3nc(-c4ccccc4)nc(-c4ccc(-c5cccc(-c6ccccc6)c5-c5ccc(-c6ccccc6)cc5)cc4)n3)cc2)cc1. The third kappa shape index (κ3) is 6.74. The van der Waals surface area contributed by atoms with Gasteiger partial charge in [0.05, 0.1) is 0 Å². The Morgan fingerprint density at radius 2 is 0.444 bits per heavy atom. The fraction of sp³-hybridized carbons (Fsp3) is 0. The van der Waals surface area contributed by atoms with Gasteiger partial charge in [0.25, 0.3) is 0 Å². The van der Waals surface area contributed by atoms with Gasteiger partial charge in [0.1, 0.15) is 0 Å². The zero-order valence-electron chi connectivity index (χ0n) is 29.5. The lowest BCUT2D eigenvalue weighted by Crippen LogP contribution is -2.00. The molecule has 0 amide bonds. The van der Waals surface area contributed by atoms with Gasteiger partial charge in [-0.1, -0.05) is 212 Å². The largest absolute Gasteiger partial charge is 0.208 e. The molecule has 0 aliphatic carbocycles. The van der Waals surface area contributed by atoms with Gasteiger partial charge in [-0.25, -0.2) is 15.0 Å². The molecule has 8 aromatic carbocycles. The van der Waals surface area contributed by atoms with E-state index < -0.39 is 0 Å². The van der Waals surface area contributed by atoms with Crippen molar-refractivity contribution in [2.75, 3.05) is 0 Å². The normalized spacial score (nSPS) is 11.0. The van der Waals surface area contributed by atoms with Crippen molar-refractivity contribution < 1.29 is 0 Å². The predicted molar refractivity (Wildman–Crippen MR) is 223 cm³/mol. The van der Waals surface area contributed by atoms with E-state index in [9.17, 15) is 0 Å². The Hall–Kier alpha value is -7.23.